The van der Waals surface area contributed by atoms with Crippen molar-refractivity contribution >= 4 is 5.97 Å². The molecule has 3 heterocycles. The minimum Gasteiger partial charge on any atom is -0.453 e. The summed E-state index contributed by atoms with van der Waals surface area (Å²) in [5.41, 5.74) is 3.24. The second-order valence-electron chi connectivity index (χ2n) is 12.7. The molecule has 0 radical (unpaired) electrons. The first-order chi connectivity index (χ1) is 24.5. The Morgan fingerprint density at radius 1 is 0.640 bits per heavy atom. The van der Waals surface area contributed by atoms with E-state index >= 15 is 0 Å². The second kappa shape index (κ2) is 16.4. The summed E-state index contributed by atoms with van der Waals surface area (Å²) in [4.78, 5) is 13.2. The molecule has 1 N–H and O–H groups in total. The minimum atomic E-state index is -1.35. The van der Waals surface area contributed by atoms with E-state index in [1.807, 2.05) is 97.1 Å². The summed E-state index contributed by atoms with van der Waals surface area (Å²) in [6.07, 6.45) is -8.37. The van der Waals surface area contributed by atoms with Gasteiger partial charge in [0, 0.05) is 0 Å². The Kier molecular flexibility index (Phi) is 11.3. The lowest BCUT2D eigenvalue weighted by molar-refractivity contribution is -0.343. The number of aliphatic hydroxyl groups is 1. The van der Waals surface area contributed by atoms with Crippen molar-refractivity contribution in [1.82, 2.24) is 0 Å². The van der Waals surface area contributed by atoms with E-state index in [1.165, 1.54) is 0 Å². The van der Waals surface area contributed by atoms with Gasteiger partial charge in [-0.25, -0.2) is 4.79 Å². The monoisotopic (exact) mass is 682 g/mol. The Bertz CT molecular complexity index is 1630. The highest BCUT2D eigenvalue weighted by Crippen LogP contribution is 2.37. The van der Waals surface area contributed by atoms with E-state index in [-0.39, 0.29) is 13.2 Å². The predicted octanol–water partition coefficient (Wildman–Crippen LogP) is 5.21. The first-order valence-electron chi connectivity index (χ1n) is 17.0. The van der Waals surface area contributed by atoms with Crippen LogP contribution in [0.15, 0.2) is 121 Å². The maximum atomic E-state index is 13.2. The molecule has 4 aromatic carbocycles. The smallest absolute Gasteiger partial charge is 0.338 e. The van der Waals surface area contributed by atoms with E-state index in [2.05, 4.69) is 0 Å². The van der Waals surface area contributed by atoms with E-state index in [9.17, 15) is 9.90 Å². The van der Waals surface area contributed by atoms with Crippen LogP contribution in [-0.4, -0.2) is 79.1 Å². The minimum absolute atomic E-state index is 0.171. The average molecular weight is 683 g/mol. The first kappa shape index (κ1) is 34.5. The highest BCUT2D eigenvalue weighted by molar-refractivity contribution is 5.89. The molecule has 3 saturated heterocycles. The molecule has 0 spiro atoms. The number of aliphatic hydroxyl groups excluding tert-OH is 1. The summed E-state index contributed by atoms with van der Waals surface area (Å²) in [6.45, 7) is 2.78. The molecule has 0 aromatic heterocycles. The number of hydrogen-bond acceptors (Lipinski definition) is 10. The van der Waals surface area contributed by atoms with Crippen LogP contribution >= 0.6 is 0 Å². The second-order valence-corrected chi connectivity index (χ2v) is 12.7. The van der Waals surface area contributed by atoms with Gasteiger partial charge in [0.15, 0.2) is 18.7 Å². The molecule has 3 aliphatic rings. The van der Waals surface area contributed by atoms with Crippen molar-refractivity contribution in [1.29, 1.82) is 0 Å². The summed E-state index contributed by atoms with van der Waals surface area (Å²) in [5.74, 6) is -0.548. The highest BCUT2D eigenvalue weighted by atomic mass is 16.8. The van der Waals surface area contributed by atoms with Gasteiger partial charge in [-0.05, 0) is 35.7 Å². The van der Waals surface area contributed by atoms with Crippen LogP contribution in [0.4, 0.5) is 0 Å². The van der Waals surface area contributed by atoms with E-state index in [0.29, 0.717) is 18.8 Å². The van der Waals surface area contributed by atoms with Gasteiger partial charge in [0.1, 0.15) is 36.6 Å². The molecular formula is C40H42O10. The molecule has 3 fully saturated rings. The molecular weight excluding hydrogens is 640 g/mol. The van der Waals surface area contributed by atoms with Crippen molar-refractivity contribution in [3.05, 3.63) is 144 Å². The molecule has 10 atom stereocenters. The molecule has 0 aliphatic carbocycles. The summed E-state index contributed by atoms with van der Waals surface area (Å²) < 4.78 is 50.5. The fourth-order valence-corrected chi connectivity index (χ4v) is 6.54. The van der Waals surface area contributed by atoms with E-state index in [4.69, 9.17) is 37.9 Å². The van der Waals surface area contributed by atoms with Gasteiger partial charge in [0.25, 0.3) is 0 Å². The lowest BCUT2D eigenvalue weighted by Gasteiger charge is -2.46. The third kappa shape index (κ3) is 8.15. The molecule has 2 bridgehead atoms. The maximum Gasteiger partial charge on any atom is 0.338 e. The summed E-state index contributed by atoms with van der Waals surface area (Å²) in [6, 6.07) is 37.9. The number of carbonyl (C=O) groups excluding carboxylic acids is 1. The molecule has 0 unspecified atom stereocenters. The quantitative estimate of drug-likeness (QED) is 0.189. The fourth-order valence-electron chi connectivity index (χ4n) is 6.54. The average Bonchev–Trinajstić information content (AvgIpc) is 3.60. The largest absolute Gasteiger partial charge is 0.453 e. The van der Waals surface area contributed by atoms with Crippen LogP contribution in [0.3, 0.4) is 0 Å². The Labute approximate surface area is 291 Å². The number of rotatable bonds is 13. The lowest BCUT2D eigenvalue weighted by atomic mass is 9.97. The molecule has 10 nitrogen and oxygen atoms in total. The molecule has 0 amide bonds. The number of hydrogen-bond donors (Lipinski definition) is 1. The van der Waals surface area contributed by atoms with Crippen molar-refractivity contribution in [2.75, 3.05) is 6.61 Å². The van der Waals surface area contributed by atoms with Crippen molar-refractivity contribution in [2.24, 2.45) is 0 Å². The van der Waals surface area contributed by atoms with Gasteiger partial charge in [0.2, 0.25) is 0 Å². The SMILES string of the molecule is C[C@@H]1O[C@H](O[C@H]2[C@H](OCc3ccccc3)[C@@H](OCc3ccccc3)[C@H]3OC[C@H]2O3)[C@H](O)[C@H](OCc2ccccc2)[C@H]1OC(=O)c1ccccc1. The number of esters is 1. The molecule has 10 heteroatoms. The van der Waals surface area contributed by atoms with Crippen LogP contribution in [0, 0.1) is 0 Å². The van der Waals surface area contributed by atoms with Gasteiger partial charge in [-0.1, -0.05) is 109 Å². The van der Waals surface area contributed by atoms with Gasteiger partial charge in [-0.3, -0.25) is 0 Å². The molecule has 3 aliphatic heterocycles. The standard InChI is InChI=1S/C40H42O10/c1-26-33(49-38(42)30-20-12-5-13-21-30)35(43-22-27-14-6-2-7-15-27)32(41)39(47-26)50-34-31-25-46-40(48-31)37(45-24-29-18-10-4-11-19-29)36(34)44-23-28-16-8-3-9-17-28/h2-21,26,31-37,39-41H,22-25H2,1H3/t26-,31+,32+,33-,34+,35-,36-,37+,39+,40-/m0/s1. The van der Waals surface area contributed by atoms with Crippen LogP contribution in [0.25, 0.3) is 0 Å². The Morgan fingerprint density at radius 3 is 1.70 bits per heavy atom. The molecule has 7 rings (SSSR count). The Morgan fingerprint density at radius 2 is 1.14 bits per heavy atom. The lowest BCUT2D eigenvalue weighted by Crippen LogP contribution is -2.63. The van der Waals surface area contributed by atoms with Gasteiger partial charge >= 0.3 is 5.97 Å². The molecule has 50 heavy (non-hydrogen) atoms. The predicted molar refractivity (Wildman–Crippen MR) is 181 cm³/mol. The van der Waals surface area contributed by atoms with Gasteiger partial charge in [0.05, 0.1) is 38.1 Å². The summed E-state index contributed by atoms with van der Waals surface area (Å²) in [5, 5.41) is 11.9. The van der Waals surface area contributed by atoms with Crippen LogP contribution < -0.4 is 0 Å². The molecule has 4 aromatic rings. The number of fused-ring (bicyclic) bond motifs is 2. The van der Waals surface area contributed by atoms with Crippen molar-refractivity contribution in [2.45, 2.75) is 88.2 Å². The van der Waals surface area contributed by atoms with Gasteiger partial charge in [-0.2, -0.15) is 0 Å². The zero-order valence-electron chi connectivity index (χ0n) is 27.8. The van der Waals surface area contributed by atoms with Crippen LogP contribution in [0.5, 0.6) is 0 Å². The van der Waals surface area contributed by atoms with Gasteiger partial charge < -0.3 is 43.0 Å². The van der Waals surface area contributed by atoms with Crippen LogP contribution in [0.1, 0.15) is 34.0 Å². The van der Waals surface area contributed by atoms with Crippen LogP contribution in [0.2, 0.25) is 0 Å². The van der Waals surface area contributed by atoms with Crippen molar-refractivity contribution < 1.29 is 47.8 Å². The van der Waals surface area contributed by atoms with Crippen molar-refractivity contribution in [3.63, 3.8) is 0 Å². The Balaban J connectivity index is 1.13. The van der Waals surface area contributed by atoms with Crippen LogP contribution in [-0.2, 0) is 57.7 Å². The zero-order chi connectivity index (χ0) is 34.3. The number of benzene rings is 4. The summed E-state index contributed by atoms with van der Waals surface area (Å²) in [7, 11) is 0. The maximum absolute atomic E-state index is 13.2. The highest BCUT2D eigenvalue weighted by Gasteiger charge is 2.56. The summed E-state index contributed by atoms with van der Waals surface area (Å²) >= 11 is 0. The first-order valence-corrected chi connectivity index (χ1v) is 17.0. The van der Waals surface area contributed by atoms with E-state index < -0.39 is 67.4 Å². The third-order valence-corrected chi connectivity index (χ3v) is 9.17. The normalized spacial score (nSPS) is 30.5. The zero-order valence-corrected chi connectivity index (χ0v) is 27.8. The number of ether oxygens (including phenoxy) is 8. The van der Waals surface area contributed by atoms with E-state index in [1.54, 1.807) is 31.2 Å². The van der Waals surface area contributed by atoms with Gasteiger partial charge in [-0.15, -0.1) is 0 Å². The fraction of sp³-hybridized carbons (Fsp3) is 0.375. The number of carbonyl (C=O) groups is 1. The molecule has 262 valence electrons. The van der Waals surface area contributed by atoms with Crippen molar-refractivity contribution in [3.8, 4) is 0 Å². The molecule has 0 saturated carbocycles. The van der Waals surface area contributed by atoms with E-state index in [0.717, 1.165) is 16.7 Å². The third-order valence-electron chi connectivity index (χ3n) is 9.17. The topological polar surface area (TPSA) is 111 Å². The Hall–Kier alpha value is -3.97.